The van der Waals surface area contributed by atoms with Gasteiger partial charge in [0.05, 0.1) is 17.5 Å². The Hall–Kier alpha value is -2.87. The van der Waals surface area contributed by atoms with E-state index in [1.165, 1.54) is 17.0 Å². The first-order chi connectivity index (χ1) is 17.5. The number of nitrogens with zero attached hydrogens (tertiary/aromatic N) is 2. The number of hydrogen-bond donors (Lipinski definition) is 0. The van der Waals surface area contributed by atoms with Crippen molar-refractivity contribution in [2.24, 2.45) is 17.8 Å². The van der Waals surface area contributed by atoms with Crippen LogP contribution in [0, 0.1) is 24.7 Å². The third-order valence-corrected chi connectivity index (χ3v) is 9.71. The molecule has 7 nitrogen and oxygen atoms in total. The van der Waals surface area contributed by atoms with Gasteiger partial charge in [0.15, 0.2) is 6.04 Å². The van der Waals surface area contributed by atoms with E-state index in [0.717, 1.165) is 34.7 Å². The number of benzene rings is 2. The Kier molecular flexibility index (Phi) is 7.97. The molecule has 37 heavy (non-hydrogen) atoms. The van der Waals surface area contributed by atoms with Gasteiger partial charge in [0.2, 0.25) is 0 Å². The quantitative estimate of drug-likeness (QED) is 0.442. The number of hydrogen-bond acceptors (Lipinski definition) is 5. The Morgan fingerprint density at radius 3 is 2.27 bits per heavy atom. The van der Waals surface area contributed by atoms with Crippen molar-refractivity contribution in [3.05, 3.63) is 65.7 Å². The van der Waals surface area contributed by atoms with E-state index in [9.17, 15) is 18.0 Å². The molecule has 1 saturated carbocycles. The molecule has 1 unspecified atom stereocenters. The Balaban J connectivity index is 1.68. The summed E-state index contributed by atoms with van der Waals surface area (Å²) in [6, 6.07) is 13.3. The molecule has 1 aliphatic heterocycles. The van der Waals surface area contributed by atoms with Crippen LogP contribution >= 0.6 is 0 Å². The Bertz CT molecular complexity index is 1210. The monoisotopic (exact) mass is 526 g/mol. The van der Waals surface area contributed by atoms with E-state index in [-0.39, 0.29) is 23.5 Å². The van der Waals surface area contributed by atoms with Crippen molar-refractivity contribution in [2.45, 2.75) is 77.0 Å². The van der Waals surface area contributed by atoms with Gasteiger partial charge in [-0.05, 0) is 62.1 Å². The molecule has 0 bridgehead atoms. The SMILES string of the molecule is Cc1ccc(S(=O)(=O)N2C(=O)N([C@H](C)c3ccccc3)CC2C(=O)O[C@@H]2C[C@H](C)CC[C@H]2C(C)C)cc1. The molecule has 2 amide bonds. The topological polar surface area (TPSA) is 84.0 Å². The second kappa shape index (κ2) is 10.9. The van der Waals surface area contributed by atoms with Gasteiger partial charge in [-0.2, -0.15) is 0 Å². The molecule has 5 atom stereocenters. The fraction of sp³-hybridized carbons (Fsp3) is 0.517. The van der Waals surface area contributed by atoms with Crippen LogP contribution in [-0.4, -0.2) is 48.3 Å². The molecule has 4 rings (SSSR count). The average molecular weight is 527 g/mol. The third kappa shape index (κ3) is 5.54. The Morgan fingerprint density at radius 2 is 1.65 bits per heavy atom. The van der Waals surface area contributed by atoms with Crippen molar-refractivity contribution in [3.8, 4) is 0 Å². The maximum Gasteiger partial charge on any atom is 0.335 e. The van der Waals surface area contributed by atoms with Gasteiger partial charge < -0.3 is 9.64 Å². The molecular formula is C29H38N2O5S. The van der Waals surface area contributed by atoms with Gasteiger partial charge in [-0.15, -0.1) is 0 Å². The van der Waals surface area contributed by atoms with Crippen LogP contribution in [0.5, 0.6) is 0 Å². The van der Waals surface area contributed by atoms with Gasteiger partial charge in [0, 0.05) is 0 Å². The zero-order chi connectivity index (χ0) is 26.9. The summed E-state index contributed by atoms with van der Waals surface area (Å²) >= 11 is 0. The predicted molar refractivity (Wildman–Crippen MR) is 142 cm³/mol. The van der Waals surface area contributed by atoms with Crippen LogP contribution in [0.1, 0.15) is 64.1 Å². The normalized spacial score (nSPS) is 25.4. The van der Waals surface area contributed by atoms with Crippen molar-refractivity contribution >= 4 is 22.0 Å². The van der Waals surface area contributed by atoms with Gasteiger partial charge in [0.25, 0.3) is 10.0 Å². The first kappa shape index (κ1) is 27.2. The van der Waals surface area contributed by atoms with E-state index in [0.29, 0.717) is 11.8 Å². The van der Waals surface area contributed by atoms with Crippen LogP contribution < -0.4 is 0 Å². The fourth-order valence-electron chi connectivity index (χ4n) is 5.58. The summed E-state index contributed by atoms with van der Waals surface area (Å²) in [6.07, 6.45) is 2.48. The van der Waals surface area contributed by atoms with Gasteiger partial charge in [-0.3, -0.25) is 0 Å². The summed E-state index contributed by atoms with van der Waals surface area (Å²) in [5.74, 6) is 0.299. The molecule has 8 heteroatoms. The molecule has 2 aromatic rings. The van der Waals surface area contributed by atoms with E-state index < -0.39 is 34.1 Å². The summed E-state index contributed by atoms with van der Waals surface area (Å²) in [7, 11) is -4.29. The number of rotatable bonds is 7. The van der Waals surface area contributed by atoms with Crippen LogP contribution in [-0.2, 0) is 19.6 Å². The first-order valence-electron chi connectivity index (χ1n) is 13.2. The largest absolute Gasteiger partial charge is 0.460 e. The Morgan fingerprint density at radius 1 is 1.00 bits per heavy atom. The molecule has 2 aromatic carbocycles. The maximum atomic E-state index is 13.8. The van der Waals surface area contributed by atoms with Crippen molar-refractivity contribution in [3.63, 3.8) is 0 Å². The van der Waals surface area contributed by atoms with Gasteiger partial charge in [0.1, 0.15) is 6.10 Å². The molecule has 200 valence electrons. The molecule has 1 heterocycles. The number of urea groups is 1. The van der Waals surface area contributed by atoms with Crippen molar-refractivity contribution in [1.82, 2.24) is 9.21 Å². The second-order valence-corrected chi connectivity index (χ2v) is 12.8. The number of carbonyl (C=O) groups excluding carboxylic acids is 2. The lowest BCUT2D eigenvalue weighted by Gasteiger charge is -2.37. The smallest absolute Gasteiger partial charge is 0.335 e. The molecule has 0 radical (unpaired) electrons. The molecule has 0 aromatic heterocycles. The molecule has 0 spiro atoms. The molecule has 0 N–H and O–H groups in total. The number of ether oxygens (including phenoxy) is 1. The zero-order valence-electron chi connectivity index (χ0n) is 22.3. The minimum atomic E-state index is -4.29. The summed E-state index contributed by atoms with van der Waals surface area (Å²) in [4.78, 5) is 28.8. The maximum absolute atomic E-state index is 13.8. The molecule has 2 fully saturated rings. The van der Waals surface area contributed by atoms with Crippen LogP contribution in [0.25, 0.3) is 0 Å². The standard InChI is InChI=1S/C29H38N2O5S/c1-19(2)25-16-13-21(4)17-27(25)36-28(32)26-18-30(22(5)23-9-7-6-8-10-23)29(33)31(26)37(34,35)24-14-11-20(3)12-15-24/h6-12,14-15,19,21-22,25-27H,13,16-18H2,1-5H3/t21-,22-,25+,26?,27-/m1/s1. The molecule has 1 aliphatic carbocycles. The van der Waals surface area contributed by atoms with Gasteiger partial charge >= 0.3 is 12.0 Å². The predicted octanol–water partition coefficient (Wildman–Crippen LogP) is 5.56. The minimum Gasteiger partial charge on any atom is -0.460 e. The highest BCUT2D eigenvalue weighted by Crippen LogP contribution is 2.37. The van der Waals surface area contributed by atoms with Crippen LogP contribution in [0.3, 0.4) is 0 Å². The minimum absolute atomic E-state index is 0.0233. The number of amides is 2. The number of carbonyl (C=O) groups is 2. The molecule has 1 saturated heterocycles. The van der Waals surface area contributed by atoms with Crippen LogP contribution in [0.4, 0.5) is 4.79 Å². The fourth-order valence-corrected chi connectivity index (χ4v) is 7.08. The zero-order valence-corrected chi connectivity index (χ0v) is 23.1. The summed E-state index contributed by atoms with van der Waals surface area (Å²) < 4.78 is 34.3. The lowest BCUT2D eigenvalue weighted by atomic mass is 9.75. The number of aryl methyl sites for hydroxylation is 1. The van der Waals surface area contributed by atoms with Crippen molar-refractivity contribution < 1.29 is 22.7 Å². The lowest BCUT2D eigenvalue weighted by molar-refractivity contribution is -0.159. The summed E-state index contributed by atoms with van der Waals surface area (Å²) in [5, 5.41) is 0. The average Bonchev–Trinajstić information content (AvgIpc) is 3.22. The van der Waals surface area contributed by atoms with Crippen LogP contribution in [0.2, 0.25) is 0 Å². The van der Waals surface area contributed by atoms with E-state index >= 15 is 0 Å². The lowest BCUT2D eigenvalue weighted by Crippen LogP contribution is -2.47. The summed E-state index contributed by atoms with van der Waals surface area (Å²) in [6.45, 7) is 10.0. The van der Waals surface area contributed by atoms with E-state index in [1.54, 1.807) is 12.1 Å². The number of sulfonamides is 1. The first-order valence-corrected chi connectivity index (χ1v) is 14.6. The summed E-state index contributed by atoms with van der Waals surface area (Å²) in [5.41, 5.74) is 1.76. The van der Waals surface area contributed by atoms with Crippen molar-refractivity contribution in [2.75, 3.05) is 6.54 Å². The molecular weight excluding hydrogens is 488 g/mol. The van der Waals surface area contributed by atoms with E-state index in [4.69, 9.17) is 4.74 Å². The van der Waals surface area contributed by atoms with E-state index in [2.05, 4.69) is 20.8 Å². The van der Waals surface area contributed by atoms with Gasteiger partial charge in [-0.1, -0.05) is 75.2 Å². The highest BCUT2D eigenvalue weighted by Gasteiger charge is 2.51. The highest BCUT2D eigenvalue weighted by atomic mass is 32.2. The third-order valence-electron chi connectivity index (χ3n) is 7.92. The second-order valence-electron chi connectivity index (χ2n) is 11.0. The van der Waals surface area contributed by atoms with E-state index in [1.807, 2.05) is 44.2 Å². The van der Waals surface area contributed by atoms with Crippen LogP contribution in [0.15, 0.2) is 59.5 Å². The van der Waals surface area contributed by atoms with Crippen molar-refractivity contribution in [1.29, 1.82) is 0 Å². The van der Waals surface area contributed by atoms with Gasteiger partial charge in [-0.25, -0.2) is 22.3 Å². The Labute approximate surface area is 220 Å². The highest BCUT2D eigenvalue weighted by molar-refractivity contribution is 7.89. The number of esters is 1. The molecule has 2 aliphatic rings.